The van der Waals surface area contributed by atoms with Crippen LogP contribution in [0.1, 0.15) is 6.92 Å². The zero-order valence-electron chi connectivity index (χ0n) is 8.58. The molecule has 15 heavy (non-hydrogen) atoms. The molecule has 0 spiro atoms. The van der Waals surface area contributed by atoms with Gasteiger partial charge in [-0.25, -0.2) is 0 Å². The van der Waals surface area contributed by atoms with Crippen LogP contribution in [-0.2, 0) is 6.54 Å². The van der Waals surface area contributed by atoms with Crippen molar-refractivity contribution in [2.75, 3.05) is 5.33 Å². The zero-order chi connectivity index (χ0) is 10.8. The van der Waals surface area contributed by atoms with Gasteiger partial charge in [-0.1, -0.05) is 40.5 Å². The van der Waals surface area contributed by atoms with Crippen LogP contribution in [0.5, 0.6) is 0 Å². The molecule has 0 radical (unpaired) electrons. The van der Waals surface area contributed by atoms with Crippen LogP contribution in [0, 0.1) is 5.92 Å². The molecule has 1 atom stereocenters. The molecule has 0 fully saturated rings. The fraction of sp³-hybridized carbons (Fsp3) is 0.333. The van der Waals surface area contributed by atoms with Crippen LogP contribution >= 0.6 is 27.5 Å². The summed E-state index contributed by atoms with van der Waals surface area (Å²) in [6.07, 6.45) is 2.13. The first-order valence-electron chi connectivity index (χ1n) is 5.01. The predicted molar refractivity (Wildman–Crippen MR) is 69.9 cm³/mol. The third kappa shape index (κ3) is 2.37. The van der Waals surface area contributed by atoms with E-state index in [9.17, 15) is 0 Å². The summed E-state index contributed by atoms with van der Waals surface area (Å²) in [7, 11) is 0. The minimum absolute atomic E-state index is 0.625. The Labute approximate surface area is 103 Å². The second-order valence-corrected chi connectivity index (χ2v) is 5.01. The van der Waals surface area contributed by atoms with Crippen molar-refractivity contribution < 1.29 is 0 Å². The van der Waals surface area contributed by atoms with Gasteiger partial charge in [0.1, 0.15) is 0 Å². The van der Waals surface area contributed by atoms with Gasteiger partial charge in [0.2, 0.25) is 0 Å². The summed E-state index contributed by atoms with van der Waals surface area (Å²) in [5, 5.41) is 3.07. The van der Waals surface area contributed by atoms with E-state index in [0.29, 0.717) is 5.92 Å². The summed E-state index contributed by atoms with van der Waals surface area (Å²) >= 11 is 9.50. The Morgan fingerprint density at radius 2 is 2.20 bits per heavy atom. The monoisotopic (exact) mass is 285 g/mol. The molecule has 2 aromatic rings. The number of nitrogens with zero attached hydrogens (tertiary/aromatic N) is 1. The number of hydrogen-bond donors (Lipinski definition) is 0. The van der Waals surface area contributed by atoms with Crippen LogP contribution in [0.15, 0.2) is 30.5 Å². The molecule has 0 aliphatic heterocycles. The molecule has 1 nitrogen and oxygen atoms in total. The molecule has 3 heteroatoms. The average Bonchev–Trinajstić information content (AvgIpc) is 2.61. The Bertz CT molecular complexity index is 464. The molecule has 80 valence electrons. The van der Waals surface area contributed by atoms with Crippen molar-refractivity contribution in [2.45, 2.75) is 13.5 Å². The van der Waals surface area contributed by atoms with Crippen LogP contribution in [0.3, 0.4) is 0 Å². The van der Waals surface area contributed by atoms with Gasteiger partial charge in [0, 0.05) is 28.6 Å². The largest absolute Gasteiger partial charge is 0.347 e. The molecule has 0 bridgehead atoms. The van der Waals surface area contributed by atoms with E-state index in [1.165, 1.54) is 10.9 Å². The maximum absolute atomic E-state index is 6.00. The van der Waals surface area contributed by atoms with Crippen molar-refractivity contribution in [3.63, 3.8) is 0 Å². The lowest BCUT2D eigenvalue weighted by atomic mass is 10.2. The lowest BCUT2D eigenvalue weighted by Gasteiger charge is -2.10. The molecule has 0 aliphatic rings. The summed E-state index contributed by atoms with van der Waals surface area (Å²) in [6, 6.07) is 8.15. The van der Waals surface area contributed by atoms with E-state index in [1.54, 1.807) is 0 Å². The first-order chi connectivity index (χ1) is 7.20. The normalized spacial score (nSPS) is 13.3. The highest BCUT2D eigenvalue weighted by Gasteiger charge is 2.05. The molecular formula is C12H13BrClN. The minimum atomic E-state index is 0.625. The summed E-state index contributed by atoms with van der Waals surface area (Å²) in [5.41, 5.74) is 1.22. The molecule has 2 rings (SSSR count). The summed E-state index contributed by atoms with van der Waals surface area (Å²) < 4.78 is 2.26. The maximum Gasteiger partial charge on any atom is 0.0495 e. The highest BCUT2D eigenvalue weighted by Crippen LogP contribution is 2.21. The third-order valence-electron chi connectivity index (χ3n) is 2.51. The molecular weight excluding hydrogens is 273 g/mol. The minimum Gasteiger partial charge on any atom is -0.347 e. The van der Waals surface area contributed by atoms with Crippen LogP contribution in [0.2, 0.25) is 5.02 Å². The van der Waals surface area contributed by atoms with E-state index in [1.807, 2.05) is 12.1 Å². The predicted octanol–water partition coefficient (Wildman–Crippen LogP) is 4.33. The lowest BCUT2D eigenvalue weighted by Crippen LogP contribution is -2.07. The van der Waals surface area contributed by atoms with Crippen LogP contribution in [-0.4, -0.2) is 9.90 Å². The molecule has 0 saturated carbocycles. The summed E-state index contributed by atoms with van der Waals surface area (Å²) in [5.74, 6) is 0.625. The van der Waals surface area contributed by atoms with Crippen molar-refractivity contribution in [3.8, 4) is 0 Å². The quantitative estimate of drug-likeness (QED) is 0.740. The van der Waals surface area contributed by atoms with Crippen molar-refractivity contribution >= 4 is 38.4 Å². The third-order valence-corrected chi connectivity index (χ3v) is 3.85. The first-order valence-corrected chi connectivity index (χ1v) is 6.51. The second kappa shape index (κ2) is 4.58. The smallest absolute Gasteiger partial charge is 0.0495 e. The van der Waals surface area contributed by atoms with Gasteiger partial charge >= 0.3 is 0 Å². The van der Waals surface area contributed by atoms with Crippen molar-refractivity contribution in [3.05, 3.63) is 35.5 Å². The number of halogens is 2. The highest BCUT2D eigenvalue weighted by atomic mass is 79.9. The van der Waals surface area contributed by atoms with Gasteiger partial charge in [-0.3, -0.25) is 0 Å². The number of rotatable bonds is 3. The van der Waals surface area contributed by atoms with Gasteiger partial charge < -0.3 is 4.57 Å². The van der Waals surface area contributed by atoms with E-state index in [4.69, 9.17) is 11.6 Å². The van der Waals surface area contributed by atoms with E-state index >= 15 is 0 Å². The Morgan fingerprint density at radius 3 is 2.93 bits per heavy atom. The van der Waals surface area contributed by atoms with Crippen LogP contribution < -0.4 is 0 Å². The number of fused-ring (bicyclic) bond motifs is 1. The van der Waals surface area contributed by atoms with Gasteiger partial charge in [-0.15, -0.1) is 0 Å². The van der Waals surface area contributed by atoms with E-state index in [0.717, 1.165) is 16.9 Å². The molecule has 1 heterocycles. The average molecular weight is 287 g/mol. The van der Waals surface area contributed by atoms with Crippen LogP contribution in [0.4, 0.5) is 0 Å². The van der Waals surface area contributed by atoms with Crippen LogP contribution in [0.25, 0.3) is 10.9 Å². The fourth-order valence-electron chi connectivity index (χ4n) is 1.70. The van der Waals surface area contributed by atoms with Gasteiger partial charge in [-0.2, -0.15) is 0 Å². The molecule has 0 amide bonds. The SMILES string of the molecule is CC(CBr)Cn1ccc2ccc(Cl)cc21. The Balaban J connectivity index is 2.39. The Morgan fingerprint density at radius 1 is 1.40 bits per heavy atom. The van der Waals surface area contributed by atoms with Gasteiger partial charge in [-0.05, 0) is 29.5 Å². The maximum atomic E-state index is 6.00. The lowest BCUT2D eigenvalue weighted by molar-refractivity contribution is 0.546. The van der Waals surface area contributed by atoms with E-state index < -0.39 is 0 Å². The zero-order valence-corrected chi connectivity index (χ0v) is 10.9. The number of alkyl halides is 1. The number of aromatic nitrogens is 1. The molecule has 0 aliphatic carbocycles. The molecule has 1 aromatic carbocycles. The molecule has 1 aromatic heterocycles. The molecule has 1 unspecified atom stereocenters. The summed E-state index contributed by atoms with van der Waals surface area (Å²) in [4.78, 5) is 0. The standard InChI is InChI=1S/C12H13BrClN/c1-9(7-13)8-15-5-4-10-2-3-11(14)6-12(10)15/h2-6,9H,7-8H2,1H3. The molecule has 0 saturated heterocycles. The Hall–Kier alpha value is -0.470. The topological polar surface area (TPSA) is 4.93 Å². The highest BCUT2D eigenvalue weighted by molar-refractivity contribution is 9.09. The van der Waals surface area contributed by atoms with Crippen molar-refractivity contribution in [2.24, 2.45) is 5.92 Å². The Kier molecular flexibility index (Phi) is 3.37. The van der Waals surface area contributed by atoms with E-state index in [2.05, 4.69) is 45.8 Å². The van der Waals surface area contributed by atoms with Crippen molar-refractivity contribution in [1.29, 1.82) is 0 Å². The molecule has 0 N–H and O–H groups in total. The van der Waals surface area contributed by atoms with Gasteiger partial charge in [0.25, 0.3) is 0 Å². The van der Waals surface area contributed by atoms with Gasteiger partial charge in [0.15, 0.2) is 0 Å². The summed E-state index contributed by atoms with van der Waals surface area (Å²) in [6.45, 7) is 3.25. The fourth-order valence-corrected chi connectivity index (χ4v) is 2.07. The van der Waals surface area contributed by atoms with E-state index in [-0.39, 0.29) is 0 Å². The number of hydrogen-bond acceptors (Lipinski definition) is 0. The first kappa shape index (κ1) is 11.0. The van der Waals surface area contributed by atoms with Gasteiger partial charge in [0.05, 0.1) is 0 Å². The van der Waals surface area contributed by atoms with Crippen molar-refractivity contribution in [1.82, 2.24) is 4.57 Å². The number of benzene rings is 1. The second-order valence-electron chi connectivity index (χ2n) is 3.93.